The lowest BCUT2D eigenvalue weighted by atomic mass is 10.0. The van der Waals surface area contributed by atoms with E-state index in [9.17, 15) is 14.7 Å². The number of nitrogens with two attached hydrogens (primary N) is 1. The fourth-order valence-electron chi connectivity index (χ4n) is 2.56. The van der Waals surface area contributed by atoms with E-state index in [1.54, 1.807) is 24.8 Å². The second-order valence-corrected chi connectivity index (χ2v) is 6.84. The summed E-state index contributed by atoms with van der Waals surface area (Å²) in [6.07, 6.45) is 0. The molecule has 1 aromatic heterocycles. The number of pyridine rings is 1. The zero-order valence-corrected chi connectivity index (χ0v) is 14.7. The number of fused-ring (bicyclic) bond motifs is 1. The maximum Gasteiger partial charge on any atom is 0.328 e. The number of carboxylic acid groups (broad SMARTS) is 1. The zero-order chi connectivity index (χ0) is 18.8. The number of aromatic hydroxyl groups is 1. The summed E-state index contributed by atoms with van der Waals surface area (Å²) >= 11 is 1.56. The first-order chi connectivity index (χ1) is 12.4. The third-order valence-electron chi connectivity index (χ3n) is 3.90. The first kappa shape index (κ1) is 17.9. The normalized spacial score (nSPS) is 12.1. The Morgan fingerprint density at radius 3 is 2.42 bits per heavy atom. The second-order valence-electron chi connectivity index (χ2n) is 5.70. The lowest BCUT2D eigenvalue weighted by Gasteiger charge is -2.12. The van der Waals surface area contributed by atoms with Crippen molar-refractivity contribution in [3.63, 3.8) is 0 Å². The third-order valence-corrected chi connectivity index (χ3v) is 4.90. The average molecular weight is 368 g/mol. The fourth-order valence-corrected chi connectivity index (χ4v) is 3.44. The number of hydrogen-bond donors (Lipinski definition) is 3. The van der Waals surface area contributed by atoms with Crippen molar-refractivity contribution in [2.45, 2.75) is 22.8 Å². The van der Waals surface area contributed by atoms with E-state index in [0.717, 1.165) is 9.79 Å². The van der Waals surface area contributed by atoms with Gasteiger partial charge in [0.25, 0.3) is 0 Å². The Morgan fingerprint density at radius 1 is 1.08 bits per heavy atom. The first-order valence-corrected chi connectivity index (χ1v) is 8.59. The number of aliphatic carboxylic acids is 1. The number of rotatable bonds is 5. The Hall–Kier alpha value is -2.90. The van der Waals surface area contributed by atoms with Gasteiger partial charge in [0.2, 0.25) is 5.78 Å². The van der Waals surface area contributed by atoms with E-state index in [0.29, 0.717) is 16.5 Å². The van der Waals surface area contributed by atoms with Crippen molar-refractivity contribution in [3.05, 3.63) is 59.9 Å². The second kappa shape index (κ2) is 7.15. The van der Waals surface area contributed by atoms with Crippen LogP contribution in [0.3, 0.4) is 0 Å². The van der Waals surface area contributed by atoms with Gasteiger partial charge in [0.15, 0.2) is 17.5 Å². The van der Waals surface area contributed by atoms with Gasteiger partial charge in [-0.1, -0.05) is 30.0 Å². The molecule has 0 aliphatic carbocycles. The number of carboxylic acids is 1. The summed E-state index contributed by atoms with van der Waals surface area (Å²) in [5.74, 6) is -2.75. The number of aromatic nitrogens is 1. The van der Waals surface area contributed by atoms with Gasteiger partial charge < -0.3 is 15.9 Å². The number of benzene rings is 2. The van der Waals surface area contributed by atoms with Crippen LogP contribution in [0.1, 0.15) is 16.2 Å². The van der Waals surface area contributed by atoms with E-state index in [2.05, 4.69) is 4.98 Å². The van der Waals surface area contributed by atoms with Crippen molar-refractivity contribution >= 4 is 34.3 Å². The van der Waals surface area contributed by atoms with E-state index in [-0.39, 0.29) is 11.4 Å². The predicted molar refractivity (Wildman–Crippen MR) is 98.7 cm³/mol. The fraction of sp³-hybridized carbons (Fsp3) is 0.105. The molecule has 26 heavy (non-hydrogen) atoms. The van der Waals surface area contributed by atoms with Gasteiger partial charge in [-0.3, -0.25) is 9.59 Å². The standard InChI is InChI=1S/C19H16N2O4S/c1-10-14-9-12(26-11-5-3-2-4-6-11)7-8-13(14)17(22)16(21-10)18(23)15(20)19(24)25/h2-9,15,22H,20H2,1H3,(H,24,25). The topological polar surface area (TPSA) is 114 Å². The van der Waals surface area contributed by atoms with E-state index in [1.807, 2.05) is 42.5 Å². The number of carbonyl (C=O) groups is 2. The Balaban J connectivity index is 2.04. The molecule has 3 rings (SSSR count). The van der Waals surface area contributed by atoms with Crippen LogP contribution >= 0.6 is 11.8 Å². The predicted octanol–water partition coefficient (Wildman–Crippen LogP) is 2.99. The van der Waals surface area contributed by atoms with Gasteiger partial charge in [0, 0.05) is 26.3 Å². The van der Waals surface area contributed by atoms with Crippen LogP contribution in [0, 0.1) is 6.92 Å². The van der Waals surface area contributed by atoms with Gasteiger partial charge in [-0.25, -0.2) is 4.98 Å². The highest BCUT2D eigenvalue weighted by Crippen LogP contribution is 2.35. The largest absolute Gasteiger partial charge is 0.505 e. The minimum absolute atomic E-state index is 0.326. The smallest absolute Gasteiger partial charge is 0.328 e. The van der Waals surface area contributed by atoms with Crippen molar-refractivity contribution < 1.29 is 19.8 Å². The number of ketones is 1. The van der Waals surface area contributed by atoms with Gasteiger partial charge in [-0.05, 0) is 37.3 Å². The number of Topliss-reactive ketones (excluding diaryl/α,β-unsaturated/α-hetero) is 1. The van der Waals surface area contributed by atoms with Crippen molar-refractivity contribution in [2.24, 2.45) is 5.73 Å². The molecule has 0 bridgehead atoms. The number of carbonyl (C=O) groups excluding carboxylic acids is 1. The molecule has 3 aromatic rings. The molecule has 0 saturated heterocycles. The summed E-state index contributed by atoms with van der Waals surface area (Å²) in [4.78, 5) is 29.2. The highest BCUT2D eigenvalue weighted by atomic mass is 32.2. The van der Waals surface area contributed by atoms with Crippen LogP contribution in [0.4, 0.5) is 0 Å². The van der Waals surface area contributed by atoms with Gasteiger partial charge >= 0.3 is 5.97 Å². The molecule has 0 fully saturated rings. The molecule has 132 valence electrons. The number of nitrogens with zero attached hydrogens (tertiary/aromatic N) is 1. The Kier molecular flexibility index (Phi) is 4.92. The zero-order valence-electron chi connectivity index (χ0n) is 13.8. The first-order valence-electron chi connectivity index (χ1n) is 7.77. The molecule has 4 N–H and O–H groups in total. The molecular weight excluding hydrogens is 352 g/mol. The summed E-state index contributed by atoms with van der Waals surface area (Å²) < 4.78 is 0. The third kappa shape index (κ3) is 3.40. The van der Waals surface area contributed by atoms with E-state index < -0.39 is 17.8 Å². The van der Waals surface area contributed by atoms with Gasteiger partial charge in [0.05, 0.1) is 0 Å². The van der Waals surface area contributed by atoms with Gasteiger partial charge in [0.1, 0.15) is 0 Å². The van der Waals surface area contributed by atoms with Crippen LogP contribution in [0.5, 0.6) is 5.75 Å². The van der Waals surface area contributed by atoms with Crippen molar-refractivity contribution in [3.8, 4) is 5.75 Å². The van der Waals surface area contributed by atoms with Crippen molar-refractivity contribution in [1.29, 1.82) is 0 Å². The molecule has 6 nitrogen and oxygen atoms in total. The molecule has 2 aromatic carbocycles. The lowest BCUT2D eigenvalue weighted by Crippen LogP contribution is -2.39. The molecule has 1 heterocycles. The van der Waals surface area contributed by atoms with Gasteiger partial charge in [-0.2, -0.15) is 0 Å². The Bertz CT molecular complexity index is 1010. The van der Waals surface area contributed by atoms with Crippen molar-refractivity contribution in [2.75, 3.05) is 0 Å². The van der Waals surface area contributed by atoms with E-state index in [1.165, 1.54) is 0 Å². The quantitative estimate of drug-likeness (QED) is 0.468. The van der Waals surface area contributed by atoms with Crippen LogP contribution in [0.25, 0.3) is 10.8 Å². The maximum absolute atomic E-state index is 12.2. The molecule has 0 spiro atoms. The van der Waals surface area contributed by atoms with Crippen LogP contribution in [-0.4, -0.2) is 33.0 Å². The monoisotopic (exact) mass is 368 g/mol. The van der Waals surface area contributed by atoms with Crippen LogP contribution in [0.15, 0.2) is 58.3 Å². The van der Waals surface area contributed by atoms with Crippen LogP contribution in [-0.2, 0) is 4.79 Å². The summed E-state index contributed by atoms with van der Waals surface area (Å²) in [5, 5.41) is 20.4. The molecular formula is C19H16N2O4S. The molecule has 7 heteroatoms. The molecule has 0 aliphatic rings. The van der Waals surface area contributed by atoms with Crippen LogP contribution < -0.4 is 5.73 Å². The minimum atomic E-state index is -1.77. The Labute approximate surface area is 153 Å². The maximum atomic E-state index is 12.2. The minimum Gasteiger partial charge on any atom is -0.505 e. The summed E-state index contributed by atoms with van der Waals surface area (Å²) in [5.41, 5.74) is 5.54. The molecule has 0 amide bonds. The average Bonchev–Trinajstić information content (AvgIpc) is 2.64. The molecule has 1 unspecified atom stereocenters. The van der Waals surface area contributed by atoms with E-state index in [4.69, 9.17) is 10.8 Å². The summed E-state index contributed by atoms with van der Waals surface area (Å²) in [6.45, 7) is 1.70. The van der Waals surface area contributed by atoms with E-state index >= 15 is 0 Å². The van der Waals surface area contributed by atoms with Crippen LogP contribution in [0.2, 0.25) is 0 Å². The number of aryl methyl sites for hydroxylation is 1. The molecule has 0 radical (unpaired) electrons. The van der Waals surface area contributed by atoms with Gasteiger partial charge in [-0.15, -0.1) is 0 Å². The summed E-state index contributed by atoms with van der Waals surface area (Å²) in [7, 11) is 0. The van der Waals surface area contributed by atoms with Crippen molar-refractivity contribution in [1.82, 2.24) is 4.98 Å². The lowest BCUT2D eigenvalue weighted by molar-refractivity contribution is -0.137. The SMILES string of the molecule is Cc1nc(C(=O)C(N)C(=O)O)c(O)c2ccc(Sc3ccccc3)cc12. The summed E-state index contributed by atoms with van der Waals surface area (Å²) in [6, 6.07) is 13.4. The Morgan fingerprint density at radius 2 is 1.77 bits per heavy atom. The molecule has 1 atom stereocenters. The highest BCUT2D eigenvalue weighted by Gasteiger charge is 2.28. The highest BCUT2D eigenvalue weighted by molar-refractivity contribution is 7.99. The molecule has 0 saturated carbocycles. The number of hydrogen-bond acceptors (Lipinski definition) is 6. The molecule has 0 aliphatic heterocycles.